The number of nitrogen functional groups attached to an aromatic ring is 1. The maximum absolute atomic E-state index is 12.0. The number of likely N-dealkylation sites (N-methyl/N-ethyl adjacent to an activating group) is 1. The van der Waals surface area contributed by atoms with Crippen LogP contribution in [0.3, 0.4) is 0 Å². The van der Waals surface area contributed by atoms with Gasteiger partial charge in [0.05, 0.1) is 6.61 Å². The molecule has 1 unspecified atom stereocenters. The summed E-state index contributed by atoms with van der Waals surface area (Å²) in [5.41, 5.74) is 7.21. The van der Waals surface area contributed by atoms with Gasteiger partial charge in [-0.2, -0.15) is 0 Å². The second-order valence-electron chi connectivity index (χ2n) is 4.44. The molecule has 3 N–H and O–H groups in total. The van der Waals surface area contributed by atoms with Crippen LogP contribution in [0.5, 0.6) is 5.75 Å². The fourth-order valence-electron chi connectivity index (χ4n) is 1.75. The van der Waals surface area contributed by atoms with Crippen molar-refractivity contribution in [2.45, 2.75) is 26.8 Å². The van der Waals surface area contributed by atoms with Crippen LogP contribution in [0.2, 0.25) is 0 Å². The minimum absolute atomic E-state index is 0.0443. The van der Waals surface area contributed by atoms with Gasteiger partial charge in [-0.1, -0.05) is 0 Å². The highest BCUT2D eigenvalue weighted by molar-refractivity contribution is 5.84. The molecule has 0 aliphatic heterocycles. The second-order valence-corrected chi connectivity index (χ2v) is 4.44. The molecule has 1 aromatic carbocycles. The van der Waals surface area contributed by atoms with E-state index in [-0.39, 0.29) is 11.9 Å². The summed E-state index contributed by atoms with van der Waals surface area (Å²) in [5, 5.41) is 3.15. The zero-order chi connectivity index (χ0) is 14.4. The number of amides is 1. The molecule has 0 fully saturated rings. The Balaban J connectivity index is 2.78. The molecule has 0 bridgehead atoms. The van der Waals surface area contributed by atoms with Crippen molar-refractivity contribution in [2.24, 2.45) is 0 Å². The molecule has 0 aliphatic rings. The van der Waals surface area contributed by atoms with Crippen LogP contribution in [0.4, 0.5) is 11.4 Å². The maximum Gasteiger partial charge on any atom is 0.244 e. The van der Waals surface area contributed by atoms with Gasteiger partial charge in [0.2, 0.25) is 5.91 Å². The number of hydrogen-bond donors (Lipinski definition) is 2. The smallest absolute Gasteiger partial charge is 0.244 e. The highest BCUT2D eigenvalue weighted by Crippen LogP contribution is 2.23. The van der Waals surface area contributed by atoms with Crippen molar-refractivity contribution < 1.29 is 9.53 Å². The highest BCUT2D eigenvalue weighted by Gasteiger charge is 2.16. The molecule has 0 radical (unpaired) electrons. The van der Waals surface area contributed by atoms with E-state index in [1.165, 1.54) is 0 Å². The van der Waals surface area contributed by atoms with E-state index in [9.17, 15) is 4.79 Å². The summed E-state index contributed by atoms with van der Waals surface area (Å²) in [5.74, 6) is 0.747. The number of carbonyl (C=O) groups excluding carboxylic acids is 1. The summed E-state index contributed by atoms with van der Waals surface area (Å²) in [6, 6.07) is 5.09. The standard InChI is InChI=1S/C14H23N3O2/c1-5-17(4)14(18)10(3)16-12-7-11(15)8-13(9-12)19-6-2/h7-10,16H,5-6,15H2,1-4H3. The number of nitrogens with zero attached hydrogens (tertiary/aromatic N) is 1. The van der Waals surface area contributed by atoms with Gasteiger partial charge in [0.25, 0.3) is 0 Å². The van der Waals surface area contributed by atoms with Gasteiger partial charge < -0.3 is 20.7 Å². The molecule has 106 valence electrons. The average molecular weight is 265 g/mol. The monoisotopic (exact) mass is 265 g/mol. The zero-order valence-corrected chi connectivity index (χ0v) is 12.1. The van der Waals surface area contributed by atoms with Gasteiger partial charge in [0, 0.05) is 37.1 Å². The number of benzene rings is 1. The van der Waals surface area contributed by atoms with E-state index in [0.29, 0.717) is 24.6 Å². The quantitative estimate of drug-likeness (QED) is 0.771. The summed E-state index contributed by atoms with van der Waals surface area (Å²) in [4.78, 5) is 13.6. The SMILES string of the molecule is CCOc1cc(N)cc(NC(C)C(=O)N(C)CC)c1. The first-order chi connectivity index (χ1) is 8.97. The molecule has 0 aromatic heterocycles. The predicted octanol–water partition coefficient (Wildman–Crippen LogP) is 1.95. The molecule has 0 spiro atoms. The number of hydrogen-bond acceptors (Lipinski definition) is 4. The summed E-state index contributed by atoms with van der Waals surface area (Å²) >= 11 is 0. The summed E-state index contributed by atoms with van der Waals surface area (Å²) < 4.78 is 5.42. The third kappa shape index (κ3) is 4.35. The molecule has 0 aliphatic carbocycles. The van der Waals surface area contributed by atoms with Crippen LogP contribution in [-0.2, 0) is 4.79 Å². The topological polar surface area (TPSA) is 67.6 Å². The second kappa shape index (κ2) is 6.87. The molecule has 1 rings (SSSR count). The first-order valence-electron chi connectivity index (χ1n) is 6.52. The molecule has 5 heteroatoms. The van der Waals surface area contributed by atoms with E-state index in [1.54, 1.807) is 24.1 Å². The molecule has 1 aromatic rings. The van der Waals surface area contributed by atoms with Crippen LogP contribution < -0.4 is 15.8 Å². The predicted molar refractivity (Wildman–Crippen MR) is 78.4 cm³/mol. The van der Waals surface area contributed by atoms with Crippen LogP contribution in [0, 0.1) is 0 Å². The minimum atomic E-state index is -0.304. The largest absolute Gasteiger partial charge is 0.494 e. The van der Waals surface area contributed by atoms with Gasteiger partial charge in [0.15, 0.2) is 0 Å². The Morgan fingerprint density at radius 2 is 2.11 bits per heavy atom. The van der Waals surface area contributed by atoms with Crippen molar-refractivity contribution in [2.75, 3.05) is 31.2 Å². The van der Waals surface area contributed by atoms with E-state index in [2.05, 4.69) is 5.32 Å². The van der Waals surface area contributed by atoms with E-state index < -0.39 is 0 Å². The van der Waals surface area contributed by atoms with Gasteiger partial charge >= 0.3 is 0 Å². The first kappa shape index (κ1) is 15.1. The number of ether oxygens (including phenoxy) is 1. The van der Waals surface area contributed by atoms with Crippen molar-refractivity contribution in [3.8, 4) is 5.75 Å². The third-order valence-electron chi connectivity index (χ3n) is 2.84. The molecule has 0 saturated carbocycles. The number of nitrogens with one attached hydrogen (secondary N) is 1. The van der Waals surface area contributed by atoms with Crippen molar-refractivity contribution in [1.29, 1.82) is 0 Å². The number of nitrogens with two attached hydrogens (primary N) is 1. The van der Waals surface area contributed by atoms with E-state index in [4.69, 9.17) is 10.5 Å². The van der Waals surface area contributed by atoms with Gasteiger partial charge in [-0.3, -0.25) is 4.79 Å². The molecule has 19 heavy (non-hydrogen) atoms. The molecule has 1 amide bonds. The van der Waals surface area contributed by atoms with E-state index >= 15 is 0 Å². The normalized spacial score (nSPS) is 11.8. The molecule has 0 saturated heterocycles. The van der Waals surface area contributed by atoms with Crippen molar-refractivity contribution in [1.82, 2.24) is 4.90 Å². The van der Waals surface area contributed by atoms with Gasteiger partial charge in [-0.05, 0) is 26.8 Å². The minimum Gasteiger partial charge on any atom is -0.494 e. The lowest BCUT2D eigenvalue weighted by atomic mass is 10.2. The molecule has 0 heterocycles. The van der Waals surface area contributed by atoms with Crippen molar-refractivity contribution >= 4 is 17.3 Å². The fourth-order valence-corrected chi connectivity index (χ4v) is 1.75. The van der Waals surface area contributed by atoms with E-state index in [1.807, 2.05) is 26.8 Å². The van der Waals surface area contributed by atoms with Gasteiger partial charge in [-0.15, -0.1) is 0 Å². The summed E-state index contributed by atoms with van der Waals surface area (Å²) in [6.45, 7) is 6.96. The maximum atomic E-state index is 12.0. The highest BCUT2D eigenvalue weighted by atomic mass is 16.5. The third-order valence-corrected chi connectivity index (χ3v) is 2.84. The molecule has 1 atom stereocenters. The number of rotatable bonds is 6. The Hall–Kier alpha value is -1.91. The van der Waals surface area contributed by atoms with Gasteiger partial charge in [0.1, 0.15) is 11.8 Å². The Bertz CT molecular complexity index is 435. The van der Waals surface area contributed by atoms with Crippen LogP contribution in [-0.4, -0.2) is 37.0 Å². The zero-order valence-electron chi connectivity index (χ0n) is 12.1. The van der Waals surface area contributed by atoms with Crippen LogP contribution in [0.1, 0.15) is 20.8 Å². The lowest BCUT2D eigenvalue weighted by molar-refractivity contribution is -0.130. The Morgan fingerprint density at radius 1 is 1.42 bits per heavy atom. The molecule has 5 nitrogen and oxygen atoms in total. The van der Waals surface area contributed by atoms with Crippen LogP contribution in [0.25, 0.3) is 0 Å². The van der Waals surface area contributed by atoms with E-state index in [0.717, 1.165) is 5.69 Å². The molecular formula is C14H23N3O2. The van der Waals surface area contributed by atoms with Crippen LogP contribution >= 0.6 is 0 Å². The Labute approximate surface area is 114 Å². The number of anilines is 2. The molecular weight excluding hydrogens is 242 g/mol. The lowest BCUT2D eigenvalue weighted by Crippen LogP contribution is -2.38. The fraction of sp³-hybridized carbons (Fsp3) is 0.500. The Morgan fingerprint density at radius 3 is 2.68 bits per heavy atom. The summed E-state index contributed by atoms with van der Waals surface area (Å²) in [7, 11) is 1.78. The van der Waals surface area contributed by atoms with Gasteiger partial charge in [-0.25, -0.2) is 0 Å². The Kier molecular flexibility index (Phi) is 5.48. The van der Waals surface area contributed by atoms with Crippen LogP contribution in [0.15, 0.2) is 18.2 Å². The average Bonchev–Trinajstić information content (AvgIpc) is 2.36. The summed E-state index contributed by atoms with van der Waals surface area (Å²) in [6.07, 6.45) is 0. The number of carbonyl (C=O) groups is 1. The first-order valence-corrected chi connectivity index (χ1v) is 6.52. The van der Waals surface area contributed by atoms with Crippen molar-refractivity contribution in [3.63, 3.8) is 0 Å². The lowest BCUT2D eigenvalue weighted by Gasteiger charge is -2.21. The van der Waals surface area contributed by atoms with Crippen molar-refractivity contribution in [3.05, 3.63) is 18.2 Å².